The molecule has 16 heteroatoms. The number of carbonyl (C=O) groups is 3. The maximum atomic E-state index is 14.1. The highest BCUT2D eigenvalue weighted by Crippen LogP contribution is 2.56. The van der Waals surface area contributed by atoms with Gasteiger partial charge in [-0.3, -0.25) is 9.59 Å². The van der Waals surface area contributed by atoms with Crippen LogP contribution in [0.25, 0.3) is 0 Å². The molecule has 9 heterocycles. The van der Waals surface area contributed by atoms with Gasteiger partial charge in [-0.1, -0.05) is 37.6 Å². The van der Waals surface area contributed by atoms with Gasteiger partial charge >= 0.3 is 11.9 Å². The van der Waals surface area contributed by atoms with Crippen LogP contribution >= 0.6 is 0 Å². The number of hydrogen-bond donors (Lipinski definition) is 4. The van der Waals surface area contributed by atoms with Gasteiger partial charge in [0.05, 0.1) is 36.4 Å². The van der Waals surface area contributed by atoms with Crippen LogP contribution in [0.1, 0.15) is 131 Å². The molecule has 0 aromatic rings. The topological polar surface area (TPSA) is 215 Å². The SMILES string of the molecule is CC1=C[C@@H](C)C[C@]2(C)CC[C@H](O2)[C@]23CC[C@](C(=O)O)(C[C@H](O2)[C@@H]2O[C@@](C)(CC2=O)[C@H]2O[C@]4(CCC[C@@H](O4)[C@H](C)C(=O)O[C@H]4C[C@H]([C@]5(O)OCC[C@H](C)[C@@H]5O)O[C@H]4/C=C\1)CC[C@@H]2O)O3. The Labute approximate surface area is 369 Å². The second-order valence-corrected chi connectivity index (χ2v) is 21.1. The normalized spacial score (nSPS) is 53.4. The molecule has 8 saturated heterocycles. The summed E-state index contributed by atoms with van der Waals surface area (Å²) in [5.74, 6) is -7.44. The predicted octanol–water partition coefficient (Wildman–Crippen LogP) is 4.32. The van der Waals surface area contributed by atoms with Crippen molar-refractivity contribution in [1.82, 2.24) is 0 Å². The van der Waals surface area contributed by atoms with Crippen LogP contribution in [0, 0.1) is 17.8 Å². The lowest BCUT2D eigenvalue weighted by Crippen LogP contribution is -2.61. The summed E-state index contributed by atoms with van der Waals surface area (Å²) in [5.41, 5.74) is -2.58. The zero-order chi connectivity index (χ0) is 44.9. The summed E-state index contributed by atoms with van der Waals surface area (Å²) in [6, 6.07) is 0. The van der Waals surface area contributed by atoms with Crippen molar-refractivity contribution in [2.24, 2.45) is 17.8 Å². The molecule has 0 aromatic carbocycles. The van der Waals surface area contributed by atoms with Crippen LogP contribution in [0.3, 0.4) is 0 Å². The largest absolute Gasteiger partial charge is 0.479 e. The molecule has 0 aromatic heterocycles. The highest BCUT2D eigenvalue weighted by atomic mass is 16.8. The number of aliphatic hydroxyl groups is 3. The molecule has 10 bridgehead atoms. The Morgan fingerprint density at radius 2 is 1.63 bits per heavy atom. The summed E-state index contributed by atoms with van der Waals surface area (Å²) in [6.45, 7) is 11.7. The van der Waals surface area contributed by atoms with Crippen molar-refractivity contribution in [3.05, 3.63) is 23.8 Å². The molecule has 19 atom stereocenters. The van der Waals surface area contributed by atoms with E-state index in [4.69, 9.17) is 42.6 Å². The fraction of sp³-hybridized carbons (Fsp3) is 0.851. The van der Waals surface area contributed by atoms with Gasteiger partial charge < -0.3 is 63.1 Å². The van der Waals surface area contributed by atoms with E-state index < -0.39 is 113 Å². The average molecular weight is 889 g/mol. The van der Waals surface area contributed by atoms with E-state index in [-0.39, 0.29) is 56.3 Å². The van der Waals surface area contributed by atoms with Crippen LogP contribution in [0.4, 0.5) is 0 Å². The maximum Gasteiger partial charge on any atom is 0.336 e. The lowest BCUT2D eigenvalue weighted by atomic mass is 9.83. The maximum absolute atomic E-state index is 14.1. The summed E-state index contributed by atoms with van der Waals surface area (Å²) >= 11 is 0. The zero-order valence-corrected chi connectivity index (χ0v) is 37.5. The molecule has 0 saturated carbocycles. The quantitative estimate of drug-likeness (QED) is 0.224. The Morgan fingerprint density at radius 1 is 0.841 bits per heavy atom. The number of carboxylic acid groups (broad SMARTS) is 1. The van der Waals surface area contributed by atoms with Crippen LogP contribution in [-0.4, -0.2) is 140 Å². The Hall–Kier alpha value is -2.35. The summed E-state index contributed by atoms with van der Waals surface area (Å²) in [6.07, 6.45) is 1.94. The van der Waals surface area contributed by atoms with Crippen molar-refractivity contribution in [3.8, 4) is 0 Å². The fourth-order valence-corrected chi connectivity index (χ4v) is 12.5. The first kappa shape index (κ1) is 45.8. The Bertz CT molecular complexity index is 1860. The van der Waals surface area contributed by atoms with Crippen LogP contribution in [-0.2, 0) is 57.0 Å². The lowest BCUT2D eigenvalue weighted by Gasteiger charge is -2.51. The van der Waals surface area contributed by atoms with Gasteiger partial charge in [-0.2, -0.15) is 0 Å². The third kappa shape index (κ3) is 8.18. The van der Waals surface area contributed by atoms with Gasteiger partial charge in [0.1, 0.15) is 48.3 Å². The number of carbonyl (C=O) groups excluding carboxylic acids is 2. The van der Waals surface area contributed by atoms with Crippen LogP contribution in [0.5, 0.6) is 0 Å². The Morgan fingerprint density at radius 3 is 2.41 bits per heavy atom. The molecule has 8 fully saturated rings. The third-order valence-corrected chi connectivity index (χ3v) is 16.0. The number of rotatable bonds is 2. The van der Waals surface area contributed by atoms with E-state index >= 15 is 0 Å². The second kappa shape index (κ2) is 16.5. The minimum Gasteiger partial charge on any atom is -0.479 e. The molecule has 0 aliphatic carbocycles. The molecular weight excluding hydrogens is 821 g/mol. The molecule has 2 spiro atoms. The van der Waals surface area contributed by atoms with Crippen molar-refractivity contribution in [1.29, 1.82) is 0 Å². The molecule has 0 unspecified atom stereocenters. The molecule has 0 radical (unpaired) electrons. The van der Waals surface area contributed by atoms with E-state index in [1.54, 1.807) is 13.8 Å². The van der Waals surface area contributed by atoms with Crippen LogP contribution < -0.4 is 0 Å². The van der Waals surface area contributed by atoms with E-state index in [2.05, 4.69) is 13.0 Å². The highest BCUT2D eigenvalue weighted by Gasteiger charge is 2.68. The molecule has 9 aliphatic heterocycles. The summed E-state index contributed by atoms with van der Waals surface area (Å²) in [4.78, 5) is 41.2. The van der Waals surface area contributed by atoms with Crippen molar-refractivity contribution >= 4 is 17.7 Å². The van der Waals surface area contributed by atoms with Crippen LogP contribution in [0.2, 0.25) is 0 Å². The molecule has 63 heavy (non-hydrogen) atoms. The van der Waals surface area contributed by atoms with Gasteiger partial charge in [-0.15, -0.1) is 0 Å². The van der Waals surface area contributed by atoms with Gasteiger partial charge in [-0.25, -0.2) is 4.79 Å². The minimum absolute atomic E-state index is 0.0330. The van der Waals surface area contributed by atoms with Gasteiger partial charge in [0.2, 0.25) is 5.79 Å². The Kier molecular flexibility index (Phi) is 12.0. The number of ketones is 1. The number of carboxylic acids is 1. The third-order valence-electron chi connectivity index (χ3n) is 16.0. The standard InChI is InChI=1S/C47H68O16/c1-25-9-10-32-33(21-36(56-32)47(54)38(50)27(3)13-19-55-47)57-40(51)28(4)31-8-7-14-45(58-31)16-11-29(48)39(62-45)43(6)23-30(49)37(61-43)34-24-44(41(52)53)17-18-46(59-34,63-44)35-12-15-42(5,60-35)22-26(2)20-25/h9-10,20,26-29,31-39,48,50,54H,7-8,11-19,21-24H2,1-6H3,(H,52,53)/b10-9-,25-20?/t26-,27+,28+,29+,31-,32+,33+,34+,35+,36-,37-,38+,39+,42+,43+,44-,45-,46-,47+/m1/s1. The second-order valence-electron chi connectivity index (χ2n) is 21.1. The number of aliphatic carboxylic acids is 1. The molecule has 9 aliphatic rings. The molecule has 9 rings (SSSR count). The van der Waals surface area contributed by atoms with Gasteiger partial charge in [0.25, 0.3) is 0 Å². The Balaban J connectivity index is 1.04. The van der Waals surface area contributed by atoms with Crippen molar-refractivity contribution < 1.29 is 77.4 Å². The first-order valence-corrected chi connectivity index (χ1v) is 23.5. The number of fused-ring (bicyclic) bond motifs is 11. The average Bonchev–Trinajstić information content (AvgIpc) is 3.99. The van der Waals surface area contributed by atoms with Gasteiger partial charge in [0.15, 0.2) is 23.0 Å². The summed E-state index contributed by atoms with van der Waals surface area (Å²) < 4.78 is 58.7. The van der Waals surface area contributed by atoms with Crippen molar-refractivity contribution in [2.45, 2.75) is 227 Å². The first-order valence-electron chi connectivity index (χ1n) is 23.5. The van der Waals surface area contributed by atoms with Crippen molar-refractivity contribution in [2.75, 3.05) is 6.61 Å². The van der Waals surface area contributed by atoms with E-state index in [0.717, 1.165) is 5.57 Å². The van der Waals surface area contributed by atoms with E-state index in [9.17, 15) is 34.8 Å². The van der Waals surface area contributed by atoms with Gasteiger partial charge in [0, 0.05) is 38.5 Å². The number of allylic oxidation sites excluding steroid dienone is 3. The number of aliphatic hydroxyl groups excluding tert-OH is 2. The summed E-state index contributed by atoms with van der Waals surface area (Å²) in [7, 11) is 0. The molecule has 4 N–H and O–H groups in total. The number of ether oxygens (including phenoxy) is 9. The van der Waals surface area contributed by atoms with E-state index in [1.165, 1.54) is 0 Å². The molecule has 352 valence electrons. The monoisotopic (exact) mass is 888 g/mol. The lowest BCUT2D eigenvalue weighted by molar-refractivity contribution is -0.368. The molecule has 0 amide bonds. The van der Waals surface area contributed by atoms with Gasteiger partial charge in [-0.05, 0) is 90.9 Å². The minimum atomic E-state index is -1.99. The zero-order valence-electron chi connectivity index (χ0n) is 37.5. The molecule has 16 nitrogen and oxygen atoms in total. The summed E-state index contributed by atoms with van der Waals surface area (Å²) in [5, 5.41) is 45.0. The highest BCUT2D eigenvalue weighted by molar-refractivity contribution is 5.87. The number of hydrogen-bond acceptors (Lipinski definition) is 15. The number of Topliss-reactive ketones (excluding diaryl/α,β-unsaturated/α-hetero) is 1. The predicted molar refractivity (Wildman–Crippen MR) is 220 cm³/mol. The molecular formula is C47H68O16. The van der Waals surface area contributed by atoms with Crippen molar-refractivity contribution in [3.63, 3.8) is 0 Å². The van der Waals surface area contributed by atoms with Crippen LogP contribution in [0.15, 0.2) is 23.8 Å². The smallest absolute Gasteiger partial charge is 0.336 e. The first-order chi connectivity index (χ1) is 29.7. The van der Waals surface area contributed by atoms with E-state index in [0.29, 0.717) is 57.8 Å². The fourth-order valence-electron chi connectivity index (χ4n) is 12.5. The van der Waals surface area contributed by atoms with E-state index in [1.807, 2.05) is 32.9 Å². The number of esters is 1.